The molecule has 0 fully saturated rings. The molecule has 0 spiro atoms. The maximum absolute atomic E-state index is 12.6. The van der Waals surface area contributed by atoms with Gasteiger partial charge in [0, 0.05) is 11.1 Å². The number of halogens is 2. The lowest BCUT2D eigenvalue weighted by Crippen LogP contribution is -2.13. The van der Waals surface area contributed by atoms with Crippen molar-refractivity contribution in [3.63, 3.8) is 0 Å². The smallest absolute Gasteiger partial charge is 0.265 e. The number of phenols is 1. The molecular formula is C19H15Cl2NO4S. The van der Waals surface area contributed by atoms with Crippen molar-refractivity contribution in [3.8, 4) is 11.5 Å². The molecule has 3 rings (SSSR count). The van der Waals surface area contributed by atoms with Crippen molar-refractivity contribution in [2.75, 3.05) is 4.72 Å². The number of aromatic hydroxyl groups is 1. The van der Waals surface area contributed by atoms with Gasteiger partial charge in [0.05, 0.1) is 10.7 Å². The van der Waals surface area contributed by atoms with Crippen molar-refractivity contribution in [3.05, 3.63) is 82.3 Å². The molecule has 0 atom stereocenters. The van der Waals surface area contributed by atoms with Crippen molar-refractivity contribution in [2.45, 2.75) is 11.5 Å². The Morgan fingerprint density at radius 1 is 0.963 bits per heavy atom. The van der Waals surface area contributed by atoms with Gasteiger partial charge >= 0.3 is 0 Å². The number of hydrogen-bond acceptors (Lipinski definition) is 4. The summed E-state index contributed by atoms with van der Waals surface area (Å²) >= 11 is 11.7. The van der Waals surface area contributed by atoms with Gasteiger partial charge in [-0.2, -0.15) is 0 Å². The SMILES string of the molecule is O=S(=O)(Nc1cccc(OCc2ccccc2)c1)c1cc(Cl)cc(Cl)c1O. The molecule has 0 aliphatic rings. The molecule has 0 aliphatic carbocycles. The summed E-state index contributed by atoms with van der Waals surface area (Å²) in [7, 11) is -4.10. The van der Waals surface area contributed by atoms with Gasteiger partial charge < -0.3 is 9.84 Å². The molecule has 3 aromatic rings. The van der Waals surface area contributed by atoms with E-state index < -0.39 is 20.7 Å². The van der Waals surface area contributed by atoms with E-state index in [2.05, 4.69) is 4.72 Å². The highest BCUT2D eigenvalue weighted by Gasteiger charge is 2.22. The largest absolute Gasteiger partial charge is 0.505 e. The van der Waals surface area contributed by atoms with Crippen LogP contribution in [0.5, 0.6) is 11.5 Å². The summed E-state index contributed by atoms with van der Waals surface area (Å²) in [6.07, 6.45) is 0. The second kappa shape index (κ2) is 8.08. The first-order chi connectivity index (χ1) is 12.8. The summed E-state index contributed by atoms with van der Waals surface area (Å²) in [6, 6.07) is 18.5. The first kappa shape index (κ1) is 19.4. The number of hydrogen-bond donors (Lipinski definition) is 2. The zero-order chi connectivity index (χ0) is 19.4. The summed E-state index contributed by atoms with van der Waals surface area (Å²) < 4.78 is 33.2. The maximum Gasteiger partial charge on any atom is 0.265 e. The van der Waals surface area contributed by atoms with Crippen LogP contribution in [0.4, 0.5) is 5.69 Å². The van der Waals surface area contributed by atoms with Gasteiger partial charge in [0.2, 0.25) is 0 Å². The van der Waals surface area contributed by atoms with Gasteiger partial charge in [0.25, 0.3) is 10.0 Å². The molecule has 0 saturated heterocycles. The number of ether oxygens (including phenoxy) is 1. The van der Waals surface area contributed by atoms with E-state index in [-0.39, 0.29) is 15.7 Å². The molecule has 0 aliphatic heterocycles. The Labute approximate surface area is 167 Å². The normalized spacial score (nSPS) is 11.2. The van der Waals surface area contributed by atoms with E-state index in [0.29, 0.717) is 12.4 Å². The van der Waals surface area contributed by atoms with Crippen LogP contribution in [-0.4, -0.2) is 13.5 Å². The van der Waals surface area contributed by atoms with Gasteiger partial charge in [-0.1, -0.05) is 59.6 Å². The Hall–Kier alpha value is -2.41. The van der Waals surface area contributed by atoms with Gasteiger partial charge in [-0.3, -0.25) is 4.72 Å². The second-order valence-corrected chi connectivity index (χ2v) is 8.14. The van der Waals surface area contributed by atoms with E-state index in [0.717, 1.165) is 11.6 Å². The van der Waals surface area contributed by atoms with Crippen LogP contribution in [0.15, 0.2) is 71.6 Å². The van der Waals surface area contributed by atoms with E-state index in [4.69, 9.17) is 27.9 Å². The van der Waals surface area contributed by atoms with Crippen molar-refractivity contribution < 1.29 is 18.3 Å². The number of sulfonamides is 1. The van der Waals surface area contributed by atoms with Crippen LogP contribution in [0, 0.1) is 0 Å². The monoisotopic (exact) mass is 423 g/mol. The topological polar surface area (TPSA) is 75.6 Å². The van der Waals surface area contributed by atoms with E-state index >= 15 is 0 Å². The van der Waals surface area contributed by atoms with Gasteiger partial charge in [-0.05, 0) is 29.8 Å². The van der Waals surface area contributed by atoms with Crippen LogP contribution in [0.1, 0.15) is 5.56 Å². The van der Waals surface area contributed by atoms with E-state index in [1.165, 1.54) is 6.07 Å². The predicted molar refractivity (Wildman–Crippen MR) is 106 cm³/mol. The minimum Gasteiger partial charge on any atom is -0.505 e. The fourth-order valence-corrected chi connectivity index (χ4v) is 4.16. The summed E-state index contributed by atoms with van der Waals surface area (Å²) in [5.41, 5.74) is 1.26. The molecule has 0 amide bonds. The highest BCUT2D eigenvalue weighted by molar-refractivity contribution is 7.92. The Morgan fingerprint density at radius 3 is 2.44 bits per heavy atom. The summed E-state index contributed by atoms with van der Waals surface area (Å²) in [5, 5.41) is 9.91. The van der Waals surface area contributed by atoms with Crippen LogP contribution in [0.3, 0.4) is 0 Å². The summed E-state index contributed by atoms with van der Waals surface area (Å²) in [4.78, 5) is -0.407. The predicted octanol–water partition coefficient (Wildman–Crippen LogP) is 5.08. The second-order valence-electron chi connectivity index (χ2n) is 5.64. The lowest BCUT2D eigenvalue weighted by Gasteiger charge is -2.12. The van der Waals surface area contributed by atoms with E-state index in [1.807, 2.05) is 30.3 Å². The molecule has 0 heterocycles. The molecule has 0 unspecified atom stereocenters. The fourth-order valence-electron chi connectivity index (χ4n) is 2.35. The van der Waals surface area contributed by atoms with Crippen LogP contribution in [0.25, 0.3) is 0 Å². The third-order valence-electron chi connectivity index (χ3n) is 3.62. The van der Waals surface area contributed by atoms with Gasteiger partial charge in [0.15, 0.2) is 5.75 Å². The first-order valence-corrected chi connectivity index (χ1v) is 10.1. The Morgan fingerprint density at radius 2 is 1.70 bits per heavy atom. The number of rotatable bonds is 6. The van der Waals surface area contributed by atoms with Gasteiger partial charge in [-0.25, -0.2) is 8.42 Å². The Kier molecular flexibility index (Phi) is 5.79. The molecule has 0 saturated carbocycles. The molecule has 140 valence electrons. The molecule has 2 N–H and O–H groups in total. The van der Waals surface area contributed by atoms with Crippen LogP contribution >= 0.6 is 23.2 Å². The maximum atomic E-state index is 12.6. The van der Waals surface area contributed by atoms with Gasteiger partial charge in [0.1, 0.15) is 17.3 Å². The third-order valence-corrected chi connectivity index (χ3v) is 5.52. The fraction of sp³-hybridized carbons (Fsp3) is 0.0526. The van der Waals surface area contributed by atoms with Gasteiger partial charge in [-0.15, -0.1) is 0 Å². The average molecular weight is 424 g/mol. The first-order valence-electron chi connectivity index (χ1n) is 7.83. The summed E-state index contributed by atoms with van der Waals surface area (Å²) in [5.74, 6) is -0.0718. The zero-order valence-corrected chi connectivity index (χ0v) is 16.2. The minimum atomic E-state index is -4.10. The highest BCUT2D eigenvalue weighted by atomic mass is 35.5. The number of benzene rings is 3. The van der Waals surface area contributed by atoms with Crippen molar-refractivity contribution in [1.29, 1.82) is 0 Å². The number of phenolic OH excluding ortho intramolecular Hbond substituents is 1. The van der Waals surface area contributed by atoms with Crippen molar-refractivity contribution in [2.24, 2.45) is 0 Å². The highest BCUT2D eigenvalue weighted by Crippen LogP contribution is 2.35. The average Bonchev–Trinajstić information content (AvgIpc) is 2.63. The lowest BCUT2D eigenvalue weighted by molar-refractivity contribution is 0.306. The quantitative estimate of drug-likeness (QED) is 0.579. The lowest BCUT2D eigenvalue weighted by atomic mass is 10.2. The molecule has 0 aromatic heterocycles. The molecule has 27 heavy (non-hydrogen) atoms. The molecular weight excluding hydrogens is 409 g/mol. The standard InChI is InChI=1S/C19H15Cl2NO4S/c20-14-9-17(21)19(23)18(10-14)27(24,25)22-15-7-4-8-16(11-15)26-12-13-5-2-1-3-6-13/h1-11,22-23H,12H2. The molecule has 3 aromatic carbocycles. The van der Waals surface area contributed by atoms with Crippen molar-refractivity contribution >= 4 is 38.9 Å². The number of nitrogens with one attached hydrogen (secondary N) is 1. The van der Waals surface area contributed by atoms with Crippen molar-refractivity contribution in [1.82, 2.24) is 0 Å². The molecule has 0 radical (unpaired) electrons. The molecule has 8 heteroatoms. The zero-order valence-electron chi connectivity index (χ0n) is 13.9. The Bertz CT molecular complexity index is 1060. The molecule has 0 bridgehead atoms. The van der Waals surface area contributed by atoms with Crippen LogP contribution in [-0.2, 0) is 16.6 Å². The number of anilines is 1. The van der Waals surface area contributed by atoms with Crippen LogP contribution < -0.4 is 9.46 Å². The Balaban J connectivity index is 1.79. The third kappa shape index (κ3) is 4.86. The minimum absolute atomic E-state index is 0.0955. The van der Waals surface area contributed by atoms with E-state index in [1.54, 1.807) is 24.3 Å². The van der Waals surface area contributed by atoms with E-state index in [9.17, 15) is 13.5 Å². The molecule has 5 nitrogen and oxygen atoms in total. The summed E-state index contributed by atoms with van der Waals surface area (Å²) in [6.45, 7) is 0.349. The van der Waals surface area contributed by atoms with Crippen LogP contribution in [0.2, 0.25) is 10.0 Å².